The predicted molar refractivity (Wildman–Crippen MR) is 155 cm³/mol. The number of ether oxygens (including phenoxy) is 1. The number of carbonyl (C=O) groups is 1. The van der Waals surface area contributed by atoms with Crippen LogP contribution in [0.4, 0.5) is 11.5 Å². The lowest BCUT2D eigenvalue weighted by Crippen LogP contribution is -2.54. The van der Waals surface area contributed by atoms with Gasteiger partial charge in [-0.1, -0.05) is 24.8 Å². The molecule has 3 aliphatic heterocycles. The molecule has 2 unspecified atom stereocenters. The molecule has 1 aromatic carbocycles. The molecule has 2 saturated heterocycles. The summed E-state index contributed by atoms with van der Waals surface area (Å²) in [7, 11) is 2.17. The first-order valence-corrected chi connectivity index (χ1v) is 14.8. The van der Waals surface area contributed by atoms with Gasteiger partial charge < -0.3 is 24.3 Å². The van der Waals surface area contributed by atoms with E-state index in [0.29, 0.717) is 31.2 Å². The lowest BCUT2D eigenvalue weighted by atomic mass is 9.88. The van der Waals surface area contributed by atoms with E-state index in [-0.39, 0.29) is 11.9 Å². The largest absolute Gasteiger partial charge is 0.462 e. The number of anilines is 2. The van der Waals surface area contributed by atoms with Gasteiger partial charge in [-0.05, 0) is 76.7 Å². The number of para-hydroxylation sites is 1. The van der Waals surface area contributed by atoms with Crippen molar-refractivity contribution >= 4 is 17.4 Å². The van der Waals surface area contributed by atoms with E-state index in [1.54, 1.807) is 0 Å². The average Bonchev–Trinajstić information content (AvgIpc) is 3.38. The van der Waals surface area contributed by atoms with Crippen LogP contribution in [0.15, 0.2) is 36.9 Å². The van der Waals surface area contributed by atoms with Crippen LogP contribution in [0.5, 0.6) is 6.01 Å². The second-order valence-electron chi connectivity index (χ2n) is 11.7. The fourth-order valence-electron chi connectivity index (χ4n) is 7.05. The number of hydrogen-bond donors (Lipinski definition) is 0. The van der Waals surface area contributed by atoms with E-state index < -0.39 is 0 Å². The van der Waals surface area contributed by atoms with Crippen LogP contribution in [0.25, 0.3) is 0 Å². The summed E-state index contributed by atoms with van der Waals surface area (Å²) in [4.78, 5) is 31.7. The quantitative estimate of drug-likeness (QED) is 0.530. The third-order valence-electron chi connectivity index (χ3n) is 9.25. The maximum atomic E-state index is 12.4. The molecule has 0 saturated carbocycles. The van der Waals surface area contributed by atoms with Gasteiger partial charge in [-0.25, -0.2) is 0 Å². The molecule has 0 spiro atoms. The van der Waals surface area contributed by atoms with Gasteiger partial charge in [-0.2, -0.15) is 9.97 Å². The Morgan fingerprint density at radius 1 is 1.10 bits per heavy atom. The predicted octanol–water partition coefficient (Wildman–Crippen LogP) is 3.48. The van der Waals surface area contributed by atoms with Crippen molar-refractivity contribution < 1.29 is 9.53 Å². The Bertz CT molecular complexity index is 1220. The topological polar surface area (TPSA) is 65.0 Å². The Morgan fingerprint density at radius 2 is 1.97 bits per heavy atom. The molecule has 208 valence electrons. The number of fused-ring (bicyclic) bond motifs is 2. The third kappa shape index (κ3) is 5.23. The normalized spacial score (nSPS) is 25.3. The van der Waals surface area contributed by atoms with Gasteiger partial charge in [-0.3, -0.25) is 4.79 Å². The van der Waals surface area contributed by atoms with Gasteiger partial charge in [0.25, 0.3) is 0 Å². The molecule has 4 aliphatic rings. The zero-order valence-corrected chi connectivity index (χ0v) is 23.5. The Labute approximate surface area is 232 Å². The van der Waals surface area contributed by atoms with E-state index in [1.165, 1.54) is 35.7 Å². The van der Waals surface area contributed by atoms with Crippen LogP contribution in [0.1, 0.15) is 49.4 Å². The van der Waals surface area contributed by atoms with Crippen molar-refractivity contribution in [3.05, 3.63) is 53.7 Å². The smallest absolute Gasteiger partial charge is 0.318 e. The molecule has 2 fully saturated rings. The van der Waals surface area contributed by atoms with Crippen LogP contribution < -0.4 is 14.5 Å². The molecule has 1 aliphatic carbocycles. The highest BCUT2D eigenvalue weighted by molar-refractivity contribution is 5.87. The van der Waals surface area contributed by atoms with Crippen molar-refractivity contribution in [1.29, 1.82) is 0 Å². The first kappa shape index (κ1) is 26.1. The first-order valence-electron chi connectivity index (χ1n) is 14.8. The molecule has 3 atom stereocenters. The molecule has 0 radical (unpaired) electrons. The molecule has 0 N–H and O–H groups in total. The number of aromatic nitrogens is 2. The van der Waals surface area contributed by atoms with Crippen LogP contribution >= 0.6 is 0 Å². The van der Waals surface area contributed by atoms with Crippen LogP contribution in [-0.4, -0.2) is 90.2 Å². The van der Waals surface area contributed by atoms with E-state index in [9.17, 15) is 4.79 Å². The summed E-state index contributed by atoms with van der Waals surface area (Å²) in [6.45, 7) is 10.8. The zero-order chi connectivity index (χ0) is 26.9. The maximum absolute atomic E-state index is 12.4. The molecular weight excluding hydrogens is 488 g/mol. The number of nitrogens with zero attached hydrogens (tertiary/aromatic N) is 6. The van der Waals surface area contributed by atoms with Crippen LogP contribution in [0.3, 0.4) is 0 Å². The number of aryl methyl sites for hydroxylation is 1. The minimum Gasteiger partial charge on any atom is -0.462 e. The monoisotopic (exact) mass is 530 g/mol. The summed E-state index contributed by atoms with van der Waals surface area (Å²) in [5.74, 6) is 1.01. The summed E-state index contributed by atoms with van der Waals surface area (Å²) in [5, 5.41) is 0. The lowest BCUT2D eigenvalue weighted by Gasteiger charge is -2.42. The van der Waals surface area contributed by atoms with E-state index in [0.717, 1.165) is 69.8 Å². The molecule has 39 heavy (non-hydrogen) atoms. The molecular formula is C31H42N6O2. The van der Waals surface area contributed by atoms with Crippen molar-refractivity contribution in [3.63, 3.8) is 0 Å². The second kappa shape index (κ2) is 11.2. The number of hydrogen-bond acceptors (Lipinski definition) is 7. The summed E-state index contributed by atoms with van der Waals surface area (Å²) in [6, 6.07) is 10.3. The average molecular weight is 531 g/mol. The summed E-state index contributed by atoms with van der Waals surface area (Å²) < 4.78 is 6.32. The number of rotatable bonds is 6. The molecule has 8 nitrogen and oxygen atoms in total. The van der Waals surface area contributed by atoms with Gasteiger partial charge >= 0.3 is 6.01 Å². The molecule has 8 heteroatoms. The van der Waals surface area contributed by atoms with Gasteiger partial charge in [0.1, 0.15) is 12.4 Å². The summed E-state index contributed by atoms with van der Waals surface area (Å²) in [6.07, 6.45) is 9.10. The van der Waals surface area contributed by atoms with E-state index >= 15 is 0 Å². The molecule has 6 rings (SSSR count). The highest BCUT2D eigenvalue weighted by Gasteiger charge is 2.34. The van der Waals surface area contributed by atoms with Crippen LogP contribution in [-0.2, 0) is 24.1 Å². The van der Waals surface area contributed by atoms with E-state index in [2.05, 4.69) is 59.5 Å². The molecule has 1 amide bonds. The lowest BCUT2D eigenvalue weighted by molar-refractivity contribution is -0.128. The van der Waals surface area contributed by atoms with Gasteiger partial charge in [0.15, 0.2) is 0 Å². The minimum atomic E-state index is 0.00114. The van der Waals surface area contributed by atoms with Crippen LogP contribution in [0, 0.1) is 0 Å². The van der Waals surface area contributed by atoms with Gasteiger partial charge in [0.2, 0.25) is 5.91 Å². The highest BCUT2D eigenvalue weighted by Crippen LogP contribution is 2.36. The van der Waals surface area contributed by atoms with Crippen molar-refractivity contribution in [2.45, 2.75) is 70.0 Å². The number of piperazine rings is 1. The van der Waals surface area contributed by atoms with Gasteiger partial charge in [0, 0.05) is 62.0 Å². The van der Waals surface area contributed by atoms with Gasteiger partial charge in [0.05, 0.1) is 5.69 Å². The Morgan fingerprint density at radius 3 is 2.77 bits per heavy atom. The molecule has 1 aromatic heterocycles. The minimum absolute atomic E-state index is 0.00114. The molecule has 2 aromatic rings. The third-order valence-corrected chi connectivity index (χ3v) is 9.25. The Kier molecular flexibility index (Phi) is 7.47. The first-order chi connectivity index (χ1) is 19.0. The maximum Gasteiger partial charge on any atom is 0.318 e. The summed E-state index contributed by atoms with van der Waals surface area (Å²) >= 11 is 0. The fourth-order valence-corrected chi connectivity index (χ4v) is 7.05. The molecule has 0 bridgehead atoms. The van der Waals surface area contributed by atoms with Crippen molar-refractivity contribution in [3.8, 4) is 6.01 Å². The van der Waals surface area contributed by atoms with Crippen molar-refractivity contribution in [2.75, 3.05) is 56.2 Å². The van der Waals surface area contributed by atoms with Crippen molar-refractivity contribution in [1.82, 2.24) is 19.8 Å². The van der Waals surface area contributed by atoms with E-state index in [1.807, 2.05) is 4.90 Å². The SMILES string of the molecule is C=CC(=O)N1CCN(c2nc(OCC3CCCN3C)nc3c2CCC(N2CCCc4ccccc42)C3)C[C@H]1C. The zero-order valence-electron chi connectivity index (χ0n) is 23.5. The van der Waals surface area contributed by atoms with E-state index in [4.69, 9.17) is 14.7 Å². The van der Waals surface area contributed by atoms with Crippen molar-refractivity contribution in [2.24, 2.45) is 0 Å². The molecule has 4 heterocycles. The Balaban J connectivity index is 1.28. The number of carbonyl (C=O) groups excluding carboxylic acids is 1. The number of benzene rings is 1. The number of likely N-dealkylation sites (tertiary alicyclic amines) is 1. The number of likely N-dealkylation sites (N-methyl/N-ethyl adjacent to an activating group) is 1. The summed E-state index contributed by atoms with van der Waals surface area (Å²) in [5.41, 5.74) is 5.25. The highest BCUT2D eigenvalue weighted by atomic mass is 16.5. The second-order valence-corrected chi connectivity index (χ2v) is 11.7. The van der Waals surface area contributed by atoms with Gasteiger partial charge in [-0.15, -0.1) is 0 Å². The Hall–Kier alpha value is -3.13. The number of amides is 1. The van der Waals surface area contributed by atoms with Crippen LogP contribution in [0.2, 0.25) is 0 Å². The fraction of sp³-hybridized carbons (Fsp3) is 0.581. The standard InChI is InChI=1S/C31H42N6O2/c1-4-29(38)36-18-17-35(20-22(36)2)30-26-14-13-24(37-16-7-10-23-9-5-6-12-28(23)37)19-27(26)32-31(33-30)39-21-25-11-8-15-34(25)3/h4-6,9,12,22,24-25H,1,7-8,10-11,13-21H2,2-3H3/t22-,24?,25?/m1/s1.